The molecule has 2 aliphatic rings. The number of fused-ring (bicyclic) bond motifs is 2. The van der Waals surface area contributed by atoms with Crippen LogP contribution in [0, 0.1) is 0 Å². The number of halogens is 3. The van der Waals surface area contributed by atoms with Crippen LogP contribution in [0.25, 0.3) is 0 Å². The first-order valence-corrected chi connectivity index (χ1v) is 7.08. The van der Waals surface area contributed by atoms with Crippen LogP contribution >= 0.6 is 0 Å². The lowest BCUT2D eigenvalue weighted by Gasteiger charge is -2.47. The number of piperidine rings is 2. The van der Waals surface area contributed by atoms with Crippen LogP contribution in [0.4, 0.5) is 18.9 Å². The third kappa shape index (κ3) is 3.14. The van der Waals surface area contributed by atoms with Crippen molar-refractivity contribution in [3.05, 3.63) is 24.3 Å². The molecule has 0 amide bonds. The molecule has 1 aromatic rings. The average molecular weight is 299 g/mol. The molecule has 3 rings (SSSR count). The van der Waals surface area contributed by atoms with Gasteiger partial charge in [0.05, 0.1) is 0 Å². The number of ketones is 1. The maximum absolute atomic E-state index is 12.2. The number of carbonyl (C=O) groups is 1. The highest BCUT2D eigenvalue weighted by Crippen LogP contribution is 2.37. The van der Waals surface area contributed by atoms with Gasteiger partial charge in [-0.3, -0.25) is 4.79 Å². The number of nitrogens with zero attached hydrogens (tertiary/aromatic N) is 1. The smallest absolute Gasteiger partial charge is 0.406 e. The van der Waals surface area contributed by atoms with E-state index in [9.17, 15) is 18.0 Å². The summed E-state index contributed by atoms with van der Waals surface area (Å²) in [7, 11) is 0. The fourth-order valence-corrected chi connectivity index (χ4v) is 3.42. The van der Waals surface area contributed by atoms with Crippen molar-refractivity contribution in [3.63, 3.8) is 0 Å². The summed E-state index contributed by atoms with van der Waals surface area (Å²) in [6.45, 7) is 0. The molecular weight excluding hydrogens is 283 g/mol. The van der Waals surface area contributed by atoms with E-state index in [4.69, 9.17) is 0 Å². The Morgan fingerprint density at radius 1 is 1.05 bits per heavy atom. The number of ether oxygens (including phenoxy) is 1. The van der Waals surface area contributed by atoms with Crippen LogP contribution in [0.5, 0.6) is 5.75 Å². The highest BCUT2D eigenvalue weighted by molar-refractivity contribution is 5.82. The molecular formula is C15H16F3NO2. The highest BCUT2D eigenvalue weighted by atomic mass is 19.4. The molecule has 114 valence electrons. The zero-order valence-electron chi connectivity index (χ0n) is 11.4. The molecule has 2 heterocycles. The number of carbonyl (C=O) groups excluding carboxylic acids is 1. The van der Waals surface area contributed by atoms with Crippen molar-refractivity contribution in [3.8, 4) is 5.75 Å². The standard InChI is InChI=1S/C15H16F3NO2/c16-15(17,18)21-14-6-4-10(5-7-14)19-11-2-1-3-12(19)9-13(20)8-11/h4-7,11-12H,1-3,8-9H2. The van der Waals surface area contributed by atoms with Crippen molar-refractivity contribution in [2.24, 2.45) is 0 Å². The molecule has 1 aromatic carbocycles. The topological polar surface area (TPSA) is 29.5 Å². The molecule has 3 nitrogen and oxygen atoms in total. The van der Waals surface area contributed by atoms with Crippen molar-refractivity contribution in [2.75, 3.05) is 4.90 Å². The fourth-order valence-electron chi connectivity index (χ4n) is 3.42. The lowest BCUT2D eigenvalue weighted by molar-refractivity contribution is -0.274. The number of Topliss-reactive ketones (excluding diaryl/α,β-unsaturated/α-hetero) is 1. The van der Waals surface area contributed by atoms with E-state index < -0.39 is 6.36 Å². The van der Waals surface area contributed by atoms with E-state index in [0.29, 0.717) is 12.8 Å². The Bertz CT molecular complexity index is 511. The van der Waals surface area contributed by atoms with Crippen LogP contribution in [-0.4, -0.2) is 24.2 Å². The zero-order chi connectivity index (χ0) is 15.0. The largest absolute Gasteiger partial charge is 0.573 e. The highest BCUT2D eigenvalue weighted by Gasteiger charge is 2.37. The van der Waals surface area contributed by atoms with Crippen LogP contribution in [0.3, 0.4) is 0 Å². The Balaban J connectivity index is 1.79. The van der Waals surface area contributed by atoms with Crippen molar-refractivity contribution in [1.29, 1.82) is 0 Å². The van der Waals surface area contributed by atoms with Crippen LogP contribution in [0.2, 0.25) is 0 Å². The molecule has 2 unspecified atom stereocenters. The zero-order valence-corrected chi connectivity index (χ0v) is 11.4. The van der Waals surface area contributed by atoms with Gasteiger partial charge in [0.15, 0.2) is 0 Å². The molecule has 2 fully saturated rings. The van der Waals surface area contributed by atoms with Gasteiger partial charge in [0.2, 0.25) is 0 Å². The van der Waals surface area contributed by atoms with Crippen molar-refractivity contribution >= 4 is 11.5 Å². The predicted molar refractivity (Wildman–Crippen MR) is 71.3 cm³/mol. The molecule has 2 atom stereocenters. The van der Waals surface area contributed by atoms with E-state index in [2.05, 4.69) is 9.64 Å². The van der Waals surface area contributed by atoms with E-state index in [1.54, 1.807) is 12.1 Å². The van der Waals surface area contributed by atoms with Gasteiger partial charge >= 0.3 is 6.36 Å². The van der Waals surface area contributed by atoms with Crippen LogP contribution < -0.4 is 9.64 Å². The molecule has 0 N–H and O–H groups in total. The van der Waals surface area contributed by atoms with Gasteiger partial charge in [0.25, 0.3) is 0 Å². The van der Waals surface area contributed by atoms with Gasteiger partial charge < -0.3 is 9.64 Å². The molecule has 0 radical (unpaired) electrons. The van der Waals surface area contributed by atoms with E-state index in [-0.39, 0.29) is 23.6 Å². The molecule has 6 heteroatoms. The fraction of sp³-hybridized carbons (Fsp3) is 0.533. The lowest BCUT2D eigenvalue weighted by atomic mass is 9.83. The third-order valence-corrected chi connectivity index (χ3v) is 4.16. The van der Waals surface area contributed by atoms with Crippen LogP contribution in [-0.2, 0) is 4.79 Å². The summed E-state index contributed by atoms with van der Waals surface area (Å²) in [6.07, 6.45) is -0.565. The molecule has 0 saturated carbocycles. The van der Waals surface area contributed by atoms with Crippen molar-refractivity contribution in [1.82, 2.24) is 0 Å². The molecule has 2 saturated heterocycles. The lowest BCUT2D eigenvalue weighted by Crippen LogP contribution is -2.52. The molecule has 21 heavy (non-hydrogen) atoms. The average Bonchev–Trinajstić information content (AvgIpc) is 2.37. The minimum absolute atomic E-state index is 0.180. The molecule has 0 aliphatic carbocycles. The Morgan fingerprint density at radius 2 is 1.62 bits per heavy atom. The Kier molecular flexibility index (Phi) is 3.55. The quantitative estimate of drug-likeness (QED) is 0.834. The van der Waals surface area contributed by atoms with Gasteiger partial charge in [0.1, 0.15) is 11.5 Å². The summed E-state index contributed by atoms with van der Waals surface area (Å²) in [6, 6.07) is 6.30. The number of hydrogen-bond acceptors (Lipinski definition) is 3. The SMILES string of the molecule is O=C1CC2CCCC(C1)N2c1ccc(OC(F)(F)F)cc1. The summed E-state index contributed by atoms with van der Waals surface area (Å²) in [5.41, 5.74) is 0.867. The van der Waals surface area contributed by atoms with E-state index in [1.165, 1.54) is 12.1 Å². The molecule has 2 aliphatic heterocycles. The maximum atomic E-state index is 12.2. The van der Waals surface area contributed by atoms with Gasteiger partial charge in [0, 0.05) is 30.6 Å². The number of hydrogen-bond donors (Lipinski definition) is 0. The van der Waals surface area contributed by atoms with E-state index >= 15 is 0 Å². The maximum Gasteiger partial charge on any atom is 0.573 e. The van der Waals surface area contributed by atoms with Gasteiger partial charge in [-0.05, 0) is 43.5 Å². The minimum Gasteiger partial charge on any atom is -0.406 e. The van der Waals surface area contributed by atoms with Gasteiger partial charge in [-0.2, -0.15) is 0 Å². The second kappa shape index (κ2) is 5.24. The second-order valence-electron chi connectivity index (χ2n) is 5.63. The second-order valence-corrected chi connectivity index (χ2v) is 5.63. The Morgan fingerprint density at radius 3 is 2.14 bits per heavy atom. The Hall–Kier alpha value is -1.72. The summed E-state index contributed by atoms with van der Waals surface area (Å²) >= 11 is 0. The monoisotopic (exact) mass is 299 g/mol. The van der Waals surface area contributed by atoms with E-state index in [0.717, 1.165) is 24.9 Å². The Labute approximate surface area is 120 Å². The van der Waals surface area contributed by atoms with Crippen molar-refractivity contribution < 1.29 is 22.7 Å². The number of anilines is 1. The molecule has 2 bridgehead atoms. The summed E-state index contributed by atoms with van der Waals surface area (Å²) in [4.78, 5) is 13.9. The number of rotatable bonds is 2. The summed E-state index contributed by atoms with van der Waals surface area (Å²) in [5.74, 6) is 0.0717. The summed E-state index contributed by atoms with van der Waals surface area (Å²) in [5, 5.41) is 0. The first-order valence-electron chi connectivity index (χ1n) is 7.08. The third-order valence-electron chi connectivity index (χ3n) is 4.16. The molecule has 0 spiro atoms. The van der Waals surface area contributed by atoms with Gasteiger partial charge in [-0.15, -0.1) is 13.2 Å². The molecule has 0 aromatic heterocycles. The van der Waals surface area contributed by atoms with Crippen LogP contribution in [0.15, 0.2) is 24.3 Å². The first-order chi connectivity index (χ1) is 9.92. The number of benzene rings is 1. The predicted octanol–water partition coefficient (Wildman–Crippen LogP) is 3.68. The van der Waals surface area contributed by atoms with Crippen molar-refractivity contribution in [2.45, 2.75) is 50.6 Å². The summed E-state index contributed by atoms with van der Waals surface area (Å²) < 4.78 is 40.4. The first kappa shape index (κ1) is 14.2. The van der Waals surface area contributed by atoms with Crippen LogP contribution in [0.1, 0.15) is 32.1 Å². The van der Waals surface area contributed by atoms with Gasteiger partial charge in [-0.1, -0.05) is 0 Å². The van der Waals surface area contributed by atoms with Gasteiger partial charge in [-0.25, -0.2) is 0 Å². The van der Waals surface area contributed by atoms with E-state index in [1.807, 2.05) is 0 Å². The number of alkyl halides is 3. The minimum atomic E-state index is -4.67. The normalized spacial score (nSPS) is 25.9.